The summed E-state index contributed by atoms with van der Waals surface area (Å²) in [6, 6.07) is 11.6. The largest absolute Gasteiger partial charge is 0.355 e. The zero-order chi connectivity index (χ0) is 21.8. The van der Waals surface area contributed by atoms with E-state index in [0.717, 1.165) is 28.2 Å². The highest BCUT2D eigenvalue weighted by molar-refractivity contribution is 7.91. The first-order chi connectivity index (χ1) is 14.9. The fourth-order valence-corrected chi connectivity index (χ4v) is 7.02. The molecule has 1 atom stereocenters. The maximum atomic E-state index is 12.7. The van der Waals surface area contributed by atoms with Crippen LogP contribution in [0.4, 0.5) is 0 Å². The third-order valence-electron chi connectivity index (χ3n) is 5.43. The number of amides is 1. The van der Waals surface area contributed by atoms with Gasteiger partial charge in [0.2, 0.25) is 5.91 Å². The molecular formula is C22H25N3O3S3. The standard InChI is InChI=1S/C22H25N3O3S3/c1-16-24-20(15-30-16)18-8-6-17(7-9-18)10-11-23-22(26)19-4-2-12-25(14-19)31(27,28)21-5-3-13-29-21/h3,5-9,13,15,19H,2,4,10-12,14H2,1H3,(H,23,26). The molecule has 31 heavy (non-hydrogen) atoms. The fraction of sp³-hybridized carbons (Fsp3) is 0.364. The van der Waals surface area contributed by atoms with Crippen LogP contribution in [-0.2, 0) is 21.2 Å². The van der Waals surface area contributed by atoms with Gasteiger partial charge in [0.05, 0.1) is 16.6 Å². The Labute approximate surface area is 191 Å². The summed E-state index contributed by atoms with van der Waals surface area (Å²) in [6.07, 6.45) is 2.14. The summed E-state index contributed by atoms with van der Waals surface area (Å²) in [5, 5.41) is 7.84. The maximum absolute atomic E-state index is 12.7. The van der Waals surface area contributed by atoms with Gasteiger partial charge in [-0.15, -0.1) is 22.7 Å². The van der Waals surface area contributed by atoms with Gasteiger partial charge >= 0.3 is 0 Å². The van der Waals surface area contributed by atoms with Crippen molar-refractivity contribution in [3.8, 4) is 11.3 Å². The van der Waals surface area contributed by atoms with Crippen LogP contribution >= 0.6 is 22.7 Å². The first-order valence-corrected chi connectivity index (χ1v) is 13.5. The maximum Gasteiger partial charge on any atom is 0.252 e. The van der Waals surface area contributed by atoms with Gasteiger partial charge in [-0.3, -0.25) is 4.79 Å². The number of nitrogens with zero attached hydrogens (tertiary/aromatic N) is 2. The SMILES string of the molecule is Cc1nc(-c2ccc(CCNC(=O)C3CCCN(S(=O)(=O)c4cccs4)C3)cc2)cs1. The number of rotatable bonds is 7. The number of carbonyl (C=O) groups excluding carboxylic acids is 1. The molecule has 1 aromatic carbocycles. The zero-order valence-corrected chi connectivity index (χ0v) is 19.7. The van der Waals surface area contributed by atoms with Crippen LogP contribution in [-0.4, -0.2) is 43.2 Å². The molecule has 0 saturated carbocycles. The van der Waals surface area contributed by atoms with Gasteiger partial charge in [0.1, 0.15) is 4.21 Å². The van der Waals surface area contributed by atoms with Crippen molar-refractivity contribution >= 4 is 38.6 Å². The summed E-state index contributed by atoms with van der Waals surface area (Å²) in [5.41, 5.74) is 3.22. The van der Waals surface area contributed by atoms with Crippen molar-refractivity contribution in [1.29, 1.82) is 0 Å². The molecule has 1 N–H and O–H groups in total. The van der Waals surface area contributed by atoms with Gasteiger partial charge in [-0.2, -0.15) is 4.31 Å². The van der Waals surface area contributed by atoms with Gasteiger partial charge < -0.3 is 5.32 Å². The normalized spacial score (nSPS) is 17.5. The van der Waals surface area contributed by atoms with Crippen molar-refractivity contribution in [1.82, 2.24) is 14.6 Å². The van der Waals surface area contributed by atoms with Crippen LogP contribution in [0.2, 0.25) is 0 Å². The van der Waals surface area contributed by atoms with E-state index in [1.54, 1.807) is 28.8 Å². The van der Waals surface area contributed by atoms with E-state index >= 15 is 0 Å². The second kappa shape index (κ2) is 9.60. The number of aryl methyl sites for hydroxylation is 1. The Bertz CT molecular complexity index is 1120. The Morgan fingerprint density at radius 2 is 2.03 bits per heavy atom. The minimum Gasteiger partial charge on any atom is -0.355 e. The lowest BCUT2D eigenvalue weighted by molar-refractivity contribution is -0.126. The molecule has 2 aromatic heterocycles. The van der Waals surface area contributed by atoms with E-state index in [1.807, 2.05) is 6.92 Å². The molecule has 9 heteroatoms. The highest BCUT2D eigenvalue weighted by atomic mass is 32.2. The minimum absolute atomic E-state index is 0.0688. The van der Waals surface area contributed by atoms with E-state index in [0.29, 0.717) is 30.1 Å². The van der Waals surface area contributed by atoms with Crippen LogP contribution in [0.15, 0.2) is 51.4 Å². The molecule has 1 saturated heterocycles. The lowest BCUT2D eigenvalue weighted by Gasteiger charge is -2.30. The Hall–Kier alpha value is -2.07. The van der Waals surface area contributed by atoms with Crippen molar-refractivity contribution in [2.24, 2.45) is 5.92 Å². The van der Waals surface area contributed by atoms with Gasteiger partial charge in [0, 0.05) is 30.6 Å². The predicted molar refractivity (Wildman–Crippen MR) is 125 cm³/mol. The number of benzene rings is 1. The molecule has 0 aliphatic carbocycles. The number of nitrogens with one attached hydrogen (secondary N) is 1. The number of hydrogen-bond donors (Lipinski definition) is 1. The van der Waals surface area contributed by atoms with Gasteiger partial charge in [-0.1, -0.05) is 30.3 Å². The van der Waals surface area contributed by atoms with E-state index < -0.39 is 10.0 Å². The Morgan fingerprint density at radius 3 is 2.71 bits per heavy atom. The van der Waals surface area contributed by atoms with Crippen molar-refractivity contribution in [3.63, 3.8) is 0 Å². The smallest absolute Gasteiger partial charge is 0.252 e. The average molecular weight is 476 g/mol. The number of piperidine rings is 1. The van der Waals surface area contributed by atoms with Crippen molar-refractivity contribution in [2.75, 3.05) is 19.6 Å². The van der Waals surface area contributed by atoms with Gasteiger partial charge in [-0.25, -0.2) is 13.4 Å². The van der Waals surface area contributed by atoms with Crippen molar-refractivity contribution in [3.05, 3.63) is 57.7 Å². The van der Waals surface area contributed by atoms with Crippen LogP contribution in [0, 0.1) is 12.8 Å². The highest BCUT2D eigenvalue weighted by Gasteiger charge is 2.33. The number of thiazole rings is 1. The van der Waals surface area contributed by atoms with Gasteiger partial charge in [-0.05, 0) is 43.2 Å². The molecule has 3 aromatic rings. The molecule has 4 rings (SSSR count). The molecule has 164 valence electrons. The molecule has 1 amide bonds. The number of thiophene rings is 1. The third kappa shape index (κ3) is 5.23. The second-order valence-corrected chi connectivity index (χ2v) is 11.8. The highest BCUT2D eigenvalue weighted by Crippen LogP contribution is 2.26. The summed E-state index contributed by atoms with van der Waals surface area (Å²) in [4.78, 5) is 17.2. The first kappa shape index (κ1) is 22.1. The summed E-state index contributed by atoms with van der Waals surface area (Å²) in [6.45, 7) is 3.24. The first-order valence-electron chi connectivity index (χ1n) is 10.3. The van der Waals surface area contributed by atoms with Crippen molar-refractivity contribution in [2.45, 2.75) is 30.4 Å². The Kier molecular flexibility index (Phi) is 6.86. The van der Waals surface area contributed by atoms with E-state index in [-0.39, 0.29) is 18.4 Å². The Balaban J connectivity index is 1.28. The van der Waals surface area contributed by atoms with Gasteiger partial charge in [0.15, 0.2) is 0 Å². The zero-order valence-electron chi connectivity index (χ0n) is 17.3. The van der Waals surface area contributed by atoms with Crippen LogP contribution in [0.5, 0.6) is 0 Å². The molecular weight excluding hydrogens is 450 g/mol. The predicted octanol–water partition coefficient (Wildman–Crippen LogP) is 3.94. The molecule has 0 spiro atoms. The van der Waals surface area contributed by atoms with Crippen LogP contribution in [0.3, 0.4) is 0 Å². The van der Waals surface area contributed by atoms with E-state index in [2.05, 4.69) is 39.9 Å². The lowest BCUT2D eigenvalue weighted by atomic mass is 9.98. The van der Waals surface area contributed by atoms with E-state index in [1.165, 1.54) is 15.6 Å². The summed E-state index contributed by atoms with van der Waals surface area (Å²) in [7, 11) is -3.51. The molecule has 6 nitrogen and oxygen atoms in total. The molecule has 1 aliphatic heterocycles. The molecule has 0 radical (unpaired) electrons. The summed E-state index contributed by atoms with van der Waals surface area (Å²) >= 11 is 2.85. The second-order valence-electron chi connectivity index (χ2n) is 7.62. The molecule has 0 bridgehead atoms. The van der Waals surface area contributed by atoms with E-state index in [9.17, 15) is 13.2 Å². The minimum atomic E-state index is -3.51. The molecule has 3 heterocycles. The van der Waals surface area contributed by atoms with Crippen LogP contribution in [0.25, 0.3) is 11.3 Å². The molecule has 1 aliphatic rings. The van der Waals surface area contributed by atoms with Gasteiger partial charge in [0.25, 0.3) is 10.0 Å². The quantitative estimate of drug-likeness (QED) is 0.561. The van der Waals surface area contributed by atoms with Crippen LogP contribution < -0.4 is 5.32 Å². The van der Waals surface area contributed by atoms with Crippen LogP contribution in [0.1, 0.15) is 23.4 Å². The fourth-order valence-electron chi connectivity index (χ4n) is 3.72. The monoisotopic (exact) mass is 475 g/mol. The third-order valence-corrected chi connectivity index (χ3v) is 9.44. The number of sulfonamides is 1. The Morgan fingerprint density at radius 1 is 1.23 bits per heavy atom. The summed E-state index contributed by atoms with van der Waals surface area (Å²) < 4.78 is 27.3. The topological polar surface area (TPSA) is 79.4 Å². The number of aromatic nitrogens is 1. The number of carbonyl (C=O) groups is 1. The van der Waals surface area contributed by atoms with E-state index in [4.69, 9.17) is 0 Å². The number of hydrogen-bond acceptors (Lipinski definition) is 6. The molecule has 1 unspecified atom stereocenters. The van der Waals surface area contributed by atoms with Crippen molar-refractivity contribution < 1.29 is 13.2 Å². The lowest BCUT2D eigenvalue weighted by Crippen LogP contribution is -2.45. The average Bonchev–Trinajstić information content (AvgIpc) is 3.47. The molecule has 1 fully saturated rings. The summed E-state index contributed by atoms with van der Waals surface area (Å²) in [5.74, 6) is -0.376.